The second-order valence-electron chi connectivity index (χ2n) is 6.06. The number of benzene rings is 2. The first-order chi connectivity index (χ1) is 9.77. The highest BCUT2D eigenvalue weighted by Gasteiger charge is 2.13. The van der Waals surface area contributed by atoms with Crippen LogP contribution in [0.15, 0.2) is 42.5 Å². The fourth-order valence-electron chi connectivity index (χ4n) is 2.02. The molecule has 0 saturated heterocycles. The van der Waals surface area contributed by atoms with Gasteiger partial charge in [-0.1, -0.05) is 32.9 Å². The Hall–Kier alpha value is -2.49. The Balaban J connectivity index is 2.20. The summed E-state index contributed by atoms with van der Waals surface area (Å²) in [5.74, 6) is -0.984. The minimum absolute atomic E-state index is 0.112. The van der Waals surface area contributed by atoms with E-state index in [0.29, 0.717) is 11.4 Å². The van der Waals surface area contributed by atoms with Gasteiger partial charge in [0.25, 0.3) is 0 Å². The quantitative estimate of drug-likeness (QED) is 0.744. The molecule has 4 N–H and O–H groups in total. The molecule has 2 rings (SSSR count). The van der Waals surface area contributed by atoms with Gasteiger partial charge in [-0.05, 0) is 41.3 Å². The Bertz CT molecular complexity index is 655. The van der Waals surface area contributed by atoms with Crippen molar-refractivity contribution in [3.05, 3.63) is 53.6 Å². The van der Waals surface area contributed by atoms with E-state index in [1.54, 1.807) is 6.07 Å². The molecule has 0 heterocycles. The molecule has 0 bridgehead atoms. The third-order valence-corrected chi connectivity index (χ3v) is 3.33. The second-order valence-corrected chi connectivity index (χ2v) is 6.06. The first-order valence-corrected chi connectivity index (χ1v) is 6.78. The molecule has 0 fully saturated rings. The van der Waals surface area contributed by atoms with E-state index >= 15 is 0 Å². The molecule has 21 heavy (non-hydrogen) atoms. The van der Waals surface area contributed by atoms with Crippen molar-refractivity contribution in [3.63, 3.8) is 0 Å². The number of carboxylic acid groups (broad SMARTS) is 1. The summed E-state index contributed by atoms with van der Waals surface area (Å²) in [7, 11) is 0. The third kappa shape index (κ3) is 3.54. The van der Waals surface area contributed by atoms with Gasteiger partial charge in [0.05, 0.1) is 16.9 Å². The number of aromatic carboxylic acids is 1. The summed E-state index contributed by atoms with van der Waals surface area (Å²) in [5.41, 5.74) is 9.45. The van der Waals surface area contributed by atoms with E-state index in [1.165, 1.54) is 17.7 Å². The molecule has 4 nitrogen and oxygen atoms in total. The predicted octanol–water partition coefficient (Wildman–Crippen LogP) is 4.01. The number of nitrogen functional groups attached to an aromatic ring is 1. The van der Waals surface area contributed by atoms with Crippen molar-refractivity contribution in [2.24, 2.45) is 0 Å². The normalized spacial score (nSPS) is 11.2. The number of nitrogens with two attached hydrogens (primary N) is 1. The van der Waals surface area contributed by atoms with Gasteiger partial charge in [0, 0.05) is 5.69 Å². The molecule has 2 aromatic rings. The molecule has 0 amide bonds. The smallest absolute Gasteiger partial charge is 0.335 e. The van der Waals surface area contributed by atoms with Gasteiger partial charge in [-0.15, -0.1) is 0 Å². The van der Waals surface area contributed by atoms with Crippen molar-refractivity contribution < 1.29 is 9.90 Å². The Labute approximate surface area is 124 Å². The van der Waals surface area contributed by atoms with E-state index in [1.807, 2.05) is 12.1 Å². The van der Waals surface area contributed by atoms with Crippen LogP contribution in [0.25, 0.3) is 0 Å². The van der Waals surface area contributed by atoms with Crippen LogP contribution in [0.2, 0.25) is 0 Å². The molecule has 0 atom stereocenters. The number of rotatable bonds is 3. The summed E-state index contributed by atoms with van der Waals surface area (Å²) in [6, 6.07) is 12.8. The van der Waals surface area contributed by atoms with Crippen LogP contribution in [-0.4, -0.2) is 11.1 Å². The van der Waals surface area contributed by atoms with Crippen molar-refractivity contribution in [2.75, 3.05) is 11.1 Å². The Morgan fingerprint density at radius 1 is 1.10 bits per heavy atom. The van der Waals surface area contributed by atoms with E-state index in [0.717, 1.165) is 5.69 Å². The van der Waals surface area contributed by atoms with Crippen molar-refractivity contribution in [1.29, 1.82) is 0 Å². The van der Waals surface area contributed by atoms with Gasteiger partial charge < -0.3 is 16.2 Å². The van der Waals surface area contributed by atoms with Crippen LogP contribution >= 0.6 is 0 Å². The summed E-state index contributed by atoms with van der Waals surface area (Å²) < 4.78 is 0. The highest BCUT2D eigenvalue weighted by atomic mass is 16.4. The number of hydrogen-bond acceptors (Lipinski definition) is 3. The largest absolute Gasteiger partial charge is 0.478 e. The Morgan fingerprint density at radius 3 is 2.19 bits per heavy atom. The average molecular weight is 284 g/mol. The second kappa shape index (κ2) is 5.48. The van der Waals surface area contributed by atoms with Gasteiger partial charge >= 0.3 is 5.97 Å². The predicted molar refractivity (Wildman–Crippen MR) is 86.2 cm³/mol. The van der Waals surface area contributed by atoms with Crippen LogP contribution in [0.1, 0.15) is 36.7 Å². The molecule has 110 valence electrons. The topological polar surface area (TPSA) is 75.3 Å². The maximum atomic E-state index is 10.9. The molecular weight excluding hydrogens is 264 g/mol. The van der Waals surface area contributed by atoms with Crippen molar-refractivity contribution in [2.45, 2.75) is 26.2 Å². The minimum Gasteiger partial charge on any atom is -0.478 e. The maximum absolute atomic E-state index is 10.9. The average Bonchev–Trinajstić information content (AvgIpc) is 2.40. The van der Waals surface area contributed by atoms with Gasteiger partial charge in [-0.2, -0.15) is 0 Å². The van der Waals surface area contributed by atoms with Crippen molar-refractivity contribution in [1.82, 2.24) is 0 Å². The molecule has 0 aliphatic carbocycles. The van der Waals surface area contributed by atoms with Gasteiger partial charge in [-0.25, -0.2) is 4.79 Å². The van der Waals surface area contributed by atoms with Crippen molar-refractivity contribution >= 4 is 23.0 Å². The fraction of sp³-hybridized carbons (Fsp3) is 0.235. The zero-order valence-electron chi connectivity index (χ0n) is 12.5. The molecule has 0 radical (unpaired) electrons. The maximum Gasteiger partial charge on any atom is 0.335 e. The minimum atomic E-state index is -0.984. The molecule has 0 aliphatic heterocycles. The lowest BCUT2D eigenvalue weighted by Crippen LogP contribution is -2.10. The lowest BCUT2D eigenvalue weighted by atomic mass is 9.87. The van der Waals surface area contributed by atoms with Crippen LogP contribution in [0.5, 0.6) is 0 Å². The summed E-state index contributed by atoms with van der Waals surface area (Å²) in [5, 5.41) is 12.1. The first kappa shape index (κ1) is 14.9. The van der Waals surface area contributed by atoms with Crippen LogP contribution in [0, 0.1) is 0 Å². The van der Waals surface area contributed by atoms with E-state index in [-0.39, 0.29) is 11.0 Å². The van der Waals surface area contributed by atoms with E-state index < -0.39 is 5.97 Å². The van der Waals surface area contributed by atoms with E-state index in [2.05, 4.69) is 38.2 Å². The number of hydrogen-bond donors (Lipinski definition) is 3. The van der Waals surface area contributed by atoms with Crippen LogP contribution in [0.3, 0.4) is 0 Å². The highest BCUT2D eigenvalue weighted by molar-refractivity contribution is 5.90. The SMILES string of the molecule is CC(C)(C)c1ccc(Nc2ccc(C(=O)O)cc2N)cc1. The zero-order chi connectivity index (χ0) is 15.6. The van der Waals surface area contributed by atoms with E-state index in [9.17, 15) is 4.79 Å². The molecule has 4 heteroatoms. The van der Waals surface area contributed by atoms with Crippen LogP contribution < -0.4 is 11.1 Å². The van der Waals surface area contributed by atoms with Gasteiger partial charge in [-0.3, -0.25) is 0 Å². The van der Waals surface area contributed by atoms with Crippen molar-refractivity contribution in [3.8, 4) is 0 Å². The van der Waals surface area contributed by atoms with Crippen LogP contribution in [0.4, 0.5) is 17.1 Å². The zero-order valence-corrected chi connectivity index (χ0v) is 12.5. The van der Waals surface area contributed by atoms with Crippen LogP contribution in [-0.2, 0) is 5.41 Å². The molecule has 0 unspecified atom stereocenters. The van der Waals surface area contributed by atoms with E-state index in [4.69, 9.17) is 10.8 Å². The standard InChI is InChI=1S/C17H20N2O2/c1-17(2,3)12-5-7-13(8-6-12)19-15-9-4-11(16(20)21)10-14(15)18/h4-10,19H,18H2,1-3H3,(H,20,21). The summed E-state index contributed by atoms with van der Waals surface area (Å²) in [6.45, 7) is 6.49. The Morgan fingerprint density at radius 2 is 1.71 bits per heavy atom. The number of carbonyl (C=O) groups is 1. The monoisotopic (exact) mass is 284 g/mol. The molecule has 2 aromatic carbocycles. The summed E-state index contributed by atoms with van der Waals surface area (Å²) >= 11 is 0. The van der Waals surface area contributed by atoms with Gasteiger partial charge in [0.2, 0.25) is 0 Å². The molecule has 0 spiro atoms. The molecule has 0 saturated carbocycles. The highest BCUT2D eigenvalue weighted by Crippen LogP contribution is 2.27. The fourth-order valence-corrected chi connectivity index (χ4v) is 2.02. The summed E-state index contributed by atoms with van der Waals surface area (Å²) in [6.07, 6.45) is 0. The Kier molecular flexibility index (Phi) is 3.89. The molecule has 0 aliphatic rings. The number of nitrogens with one attached hydrogen (secondary N) is 1. The third-order valence-electron chi connectivity index (χ3n) is 3.33. The molecular formula is C17H20N2O2. The van der Waals surface area contributed by atoms with Gasteiger partial charge in [0.15, 0.2) is 0 Å². The first-order valence-electron chi connectivity index (χ1n) is 6.78. The molecule has 0 aromatic heterocycles. The number of carboxylic acids is 1. The lowest BCUT2D eigenvalue weighted by Gasteiger charge is -2.19. The van der Waals surface area contributed by atoms with Gasteiger partial charge in [0.1, 0.15) is 0 Å². The summed E-state index contributed by atoms with van der Waals surface area (Å²) in [4.78, 5) is 10.9. The lowest BCUT2D eigenvalue weighted by molar-refractivity contribution is 0.0697. The number of anilines is 3.